The minimum absolute atomic E-state index is 0.0680. The maximum absolute atomic E-state index is 11.8. The number of anilines is 2. The standard InChI is InChI=1S/C15H24N2OS/c1-4-12(3)19-9-5-6-15(18)17-14-10-13(16)8-7-11(14)2/h7-8,10,12H,4-6,9,16H2,1-3H3,(H,17,18). The monoisotopic (exact) mass is 280 g/mol. The van der Waals surface area contributed by atoms with Crippen LogP contribution in [0.1, 0.15) is 38.7 Å². The zero-order valence-electron chi connectivity index (χ0n) is 12.0. The van der Waals surface area contributed by atoms with Crippen molar-refractivity contribution in [2.75, 3.05) is 16.8 Å². The van der Waals surface area contributed by atoms with Crippen molar-refractivity contribution in [1.29, 1.82) is 0 Å². The van der Waals surface area contributed by atoms with Gasteiger partial charge in [-0.1, -0.05) is 19.9 Å². The van der Waals surface area contributed by atoms with Crippen molar-refractivity contribution in [3.05, 3.63) is 23.8 Å². The molecule has 4 heteroatoms. The molecule has 0 saturated heterocycles. The number of benzene rings is 1. The van der Waals surface area contributed by atoms with Crippen LogP contribution in [0.3, 0.4) is 0 Å². The van der Waals surface area contributed by atoms with Crippen LogP contribution < -0.4 is 11.1 Å². The molecular weight excluding hydrogens is 256 g/mol. The van der Waals surface area contributed by atoms with Gasteiger partial charge in [-0.2, -0.15) is 11.8 Å². The predicted molar refractivity (Wildman–Crippen MR) is 85.7 cm³/mol. The lowest BCUT2D eigenvalue weighted by atomic mass is 10.1. The second-order valence-corrected chi connectivity index (χ2v) is 6.36. The van der Waals surface area contributed by atoms with Crippen molar-refractivity contribution in [3.8, 4) is 0 Å². The van der Waals surface area contributed by atoms with E-state index in [1.165, 1.54) is 6.42 Å². The molecule has 0 aliphatic heterocycles. The van der Waals surface area contributed by atoms with Gasteiger partial charge in [0.15, 0.2) is 0 Å². The van der Waals surface area contributed by atoms with E-state index in [4.69, 9.17) is 5.73 Å². The van der Waals surface area contributed by atoms with E-state index in [0.29, 0.717) is 17.4 Å². The van der Waals surface area contributed by atoms with E-state index in [-0.39, 0.29) is 5.91 Å². The smallest absolute Gasteiger partial charge is 0.224 e. The second-order valence-electron chi connectivity index (χ2n) is 4.82. The van der Waals surface area contributed by atoms with Crippen LogP contribution in [0.15, 0.2) is 18.2 Å². The number of nitrogens with two attached hydrogens (primary N) is 1. The summed E-state index contributed by atoms with van der Waals surface area (Å²) in [6, 6.07) is 5.57. The molecule has 19 heavy (non-hydrogen) atoms. The van der Waals surface area contributed by atoms with E-state index in [1.807, 2.05) is 30.8 Å². The molecular formula is C15H24N2OS. The third-order valence-corrected chi connectivity index (χ3v) is 4.49. The molecule has 1 amide bonds. The van der Waals surface area contributed by atoms with Gasteiger partial charge in [-0.15, -0.1) is 0 Å². The zero-order chi connectivity index (χ0) is 14.3. The molecule has 0 radical (unpaired) electrons. The first-order valence-corrected chi connectivity index (χ1v) is 7.85. The molecule has 0 aliphatic rings. The molecule has 1 atom stereocenters. The Balaban J connectivity index is 2.33. The first-order valence-electron chi connectivity index (χ1n) is 6.80. The van der Waals surface area contributed by atoms with Gasteiger partial charge < -0.3 is 11.1 Å². The van der Waals surface area contributed by atoms with Crippen molar-refractivity contribution in [2.24, 2.45) is 0 Å². The minimum atomic E-state index is 0.0680. The van der Waals surface area contributed by atoms with Gasteiger partial charge >= 0.3 is 0 Å². The number of hydrogen-bond acceptors (Lipinski definition) is 3. The van der Waals surface area contributed by atoms with Crippen LogP contribution in [0.4, 0.5) is 11.4 Å². The molecule has 0 saturated carbocycles. The van der Waals surface area contributed by atoms with E-state index in [0.717, 1.165) is 23.4 Å². The SMILES string of the molecule is CCC(C)SCCCC(=O)Nc1cc(N)ccc1C. The van der Waals surface area contributed by atoms with Crippen LogP contribution in [-0.2, 0) is 4.79 Å². The van der Waals surface area contributed by atoms with Gasteiger partial charge in [-0.05, 0) is 43.2 Å². The average Bonchev–Trinajstić information content (AvgIpc) is 2.38. The first-order chi connectivity index (χ1) is 9.02. The average molecular weight is 280 g/mol. The summed E-state index contributed by atoms with van der Waals surface area (Å²) in [6.07, 6.45) is 2.67. The van der Waals surface area contributed by atoms with E-state index >= 15 is 0 Å². The predicted octanol–water partition coefficient (Wildman–Crippen LogP) is 3.83. The molecule has 0 spiro atoms. The first kappa shape index (κ1) is 15.9. The molecule has 0 aromatic heterocycles. The minimum Gasteiger partial charge on any atom is -0.399 e. The van der Waals surface area contributed by atoms with Crippen LogP contribution in [0.25, 0.3) is 0 Å². The largest absolute Gasteiger partial charge is 0.399 e. The van der Waals surface area contributed by atoms with Crippen LogP contribution in [0.5, 0.6) is 0 Å². The van der Waals surface area contributed by atoms with Gasteiger partial charge in [0.2, 0.25) is 5.91 Å². The highest BCUT2D eigenvalue weighted by atomic mass is 32.2. The quantitative estimate of drug-likeness (QED) is 0.589. The van der Waals surface area contributed by atoms with Crippen molar-refractivity contribution >= 4 is 29.0 Å². The van der Waals surface area contributed by atoms with E-state index in [9.17, 15) is 4.79 Å². The Morgan fingerprint density at radius 1 is 1.47 bits per heavy atom. The van der Waals surface area contributed by atoms with Crippen LogP contribution in [0, 0.1) is 6.92 Å². The lowest BCUT2D eigenvalue weighted by molar-refractivity contribution is -0.116. The Kier molecular flexibility index (Phi) is 6.78. The molecule has 1 aromatic rings. The van der Waals surface area contributed by atoms with E-state index in [1.54, 1.807) is 6.07 Å². The summed E-state index contributed by atoms with van der Waals surface area (Å²) >= 11 is 1.93. The molecule has 0 heterocycles. The normalized spacial score (nSPS) is 12.2. The topological polar surface area (TPSA) is 55.1 Å². The van der Waals surface area contributed by atoms with Crippen LogP contribution in [-0.4, -0.2) is 16.9 Å². The number of nitrogens with one attached hydrogen (secondary N) is 1. The van der Waals surface area contributed by atoms with Crippen molar-refractivity contribution in [1.82, 2.24) is 0 Å². The molecule has 1 aromatic carbocycles. The van der Waals surface area contributed by atoms with Gasteiger partial charge in [0.1, 0.15) is 0 Å². The summed E-state index contributed by atoms with van der Waals surface area (Å²) < 4.78 is 0. The number of nitrogen functional groups attached to an aromatic ring is 1. The molecule has 106 valence electrons. The highest BCUT2D eigenvalue weighted by Crippen LogP contribution is 2.19. The van der Waals surface area contributed by atoms with Crippen molar-refractivity contribution in [2.45, 2.75) is 45.3 Å². The zero-order valence-corrected chi connectivity index (χ0v) is 12.8. The lowest BCUT2D eigenvalue weighted by Crippen LogP contribution is -2.12. The van der Waals surface area contributed by atoms with Gasteiger partial charge in [0, 0.05) is 23.0 Å². The summed E-state index contributed by atoms with van der Waals surface area (Å²) in [6.45, 7) is 6.38. The molecule has 0 aliphatic carbocycles. The van der Waals surface area contributed by atoms with Crippen molar-refractivity contribution in [3.63, 3.8) is 0 Å². The number of amides is 1. The molecule has 1 unspecified atom stereocenters. The third-order valence-electron chi connectivity index (χ3n) is 3.06. The third kappa shape index (κ3) is 6.01. The van der Waals surface area contributed by atoms with Gasteiger partial charge in [0.05, 0.1) is 0 Å². The molecule has 0 bridgehead atoms. The molecule has 3 N–H and O–H groups in total. The Morgan fingerprint density at radius 3 is 2.89 bits per heavy atom. The van der Waals surface area contributed by atoms with E-state index in [2.05, 4.69) is 19.2 Å². The summed E-state index contributed by atoms with van der Waals surface area (Å²) in [7, 11) is 0. The Bertz CT molecular complexity index is 421. The number of carbonyl (C=O) groups excluding carboxylic acids is 1. The van der Waals surface area contributed by atoms with Crippen LogP contribution in [0.2, 0.25) is 0 Å². The Hall–Kier alpha value is -1.16. The molecule has 0 fully saturated rings. The van der Waals surface area contributed by atoms with Gasteiger partial charge in [0.25, 0.3) is 0 Å². The summed E-state index contributed by atoms with van der Waals surface area (Å²) in [4.78, 5) is 11.8. The lowest BCUT2D eigenvalue weighted by Gasteiger charge is -2.10. The summed E-state index contributed by atoms with van der Waals surface area (Å²) in [5, 5.41) is 3.60. The Morgan fingerprint density at radius 2 is 2.21 bits per heavy atom. The fourth-order valence-electron chi connectivity index (χ4n) is 1.62. The molecule has 3 nitrogen and oxygen atoms in total. The fourth-order valence-corrected chi connectivity index (χ4v) is 2.57. The second kappa shape index (κ2) is 8.10. The number of carbonyl (C=O) groups is 1. The molecule has 1 rings (SSSR count). The van der Waals surface area contributed by atoms with Crippen molar-refractivity contribution < 1.29 is 4.79 Å². The van der Waals surface area contributed by atoms with Crippen LogP contribution >= 0.6 is 11.8 Å². The summed E-state index contributed by atoms with van der Waals surface area (Å²) in [5.74, 6) is 1.11. The Labute approximate surface area is 120 Å². The highest BCUT2D eigenvalue weighted by Gasteiger charge is 2.06. The van der Waals surface area contributed by atoms with Gasteiger partial charge in [-0.25, -0.2) is 0 Å². The number of thioether (sulfide) groups is 1. The fraction of sp³-hybridized carbons (Fsp3) is 0.533. The van der Waals surface area contributed by atoms with Gasteiger partial charge in [-0.3, -0.25) is 4.79 Å². The number of aryl methyl sites for hydroxylation is 1. The highest BCUT2D eigenvalue weighted by molar-refractivity contribution is 7.99. The maximum Gasteiger partial charge on any atom is 0.224 e. The maximum atomic E-state index is 11.8. The summed E-state index contributed by atoms with van der Waals surface area (Å²) in [5.41, 5.74) is 8.25. The van der Waals surface area contributed by atoms with E-state index < -0.39 is 0 Å². The number of hydrogen-bond donors (Lipinski definition) is 2. The number of rotatable bonds is 7.